The summed E-state index contributed by atoms with van der Waals surface area (Å²) in [5.74, 6) is 0.524. The van der Waals surface area contributed by atoms with Gasteiger partial charge in [0.1, 0.15) is 6.54 Å². The van der Waals surface area contributed by atoms with Crippen molar-refractivity contribution in [3.05, 3.63) is 35.9 Å². The number of carbonyl (C=O) groups excluding carboxylic acids is 2. The van der Waals surface area contributed by atoms with Gasteiger partial charge in [-0.3, -0.25) is 4.79 Å². The molecule has 1 aromatic rings. The molecule has 2 rings (SSSR count). The van der Waals surface area contributed by atoms with Crippen molar-refractivity contribution >= 4 is 18.0 Å². The lowest BCUT2D eigenvalue weighted by atomic mass is 10.1. The van der Waals surface area contributed by atoms with Crippen LogP contribution >= 0.6 is 0 Å². The van der Waals surface area contributed by atoms with E-state index in [1.807, 2.05) is 44.2 Å². The molecule has 0 radical (unpaired) electrons. The zero-order chi connectivity index (χ0) is 20.9. The smallest absolute Gasteiger partial charge is 0.409 e. The molecule has 2 amide bonds. The molecule has 0 aromatic heterocycles. The zero-order valence-corrected chi connectivity index (χ0v) is 17.4. The van der Waals surface area contributed by atoms with Gasteiger partial charge in [-0.2, -0.15) is 0 Å². The molecule has 3 N–H and O–H groups in total. The first-order chi connectivity index (χ1) is 14.1. The van der Waals surface area contributed by atoms with Crippen LogP contribution in [0.1, 0.15) is 32.3 Å². The van der Waals surface area contributed by atoms with E-state index in [9.17, 15) is 9.59 Å². The minimum atomic E-state index is -0.251. The second-order valence-electron chi connectivity index (χ2n) is 6.89. The number of likely N-dealkylation sites (tertiary alicyclic amines) is 1. The number of carbonyl (C=O) groups is 2. The van der Waals surface area contributed by atoms with Crippen molar-refractivity contribution < 1.29 is 14.3 Å². The van der Waals surface area contributed by atoms with Gasteiger partial charge in [0.15, 0.2) is 5.96 Å². The molecule has 1 aliphatic heterocycles. The number of benzene rings is 1. The third-order valence-electron chi connectivity index (χ3n) is 4.67. The van der Waals surface area contributed by atoms with Crippen LogP contribution in [0.4, 0.5) is 4.79 Å². The van der Waals surface area contributed by atoms with E-state index in [-0.39, 0.29) is 24.6 Å². The number of hydrogen-bond donors (Lipinski definition) is 3. The normalized spacial score (nSPS) is 15.0. The van der Waals surface area contributed by atoms with E-state index in [4.69, 9.17) is 4.74 Å². The van der Waals surface area contributed by atoms with Crippen LogP contribution in [0.5, 0.6) is 0 Å². The van der Waals surface area contributed by atoms with E-state index in [0.29, 0.717) is 38.7 Å². The van der Waals surface area contributed by atoms with E-state index in [1.165, 1.54) is 5.56 Å². The number of amides is 2. The lowest BCUT2D eigenvalue weighted by Crippen LogP contribution is -2.50. The van der Waals surface area contributed by atoms with Gasteiger partial charge in [-0.15, -0.1) is 0 Å². The third kappa shape index (κ3) is 8.41. The minimum absolute atomic E-state index is 0.0752. The number of guanidine groups is 1. The standard InChI is InChI=1S/C21H33N5O3/c1-3-22-20(25-18-11-14-26(15-12-18)21(28)29-4-2)24-16-19(27)23-13-10-17-8-6-5-7-9-17/h5-9,18H,3-4,10-16H2,1-2H3,(H,23,27)(H2,22,24,25). The largest absolute Gasteiger partial charge is 0.450 e. The van der Waals surface area contributed by atoms with Crippen LogP contribution in [-0.2, 0) is 16.0 Å². The number of hydrogen-bond acceptors (Lipinski definition) is 4. The zero-order valence-electron chi connectivity index (χ0n) is 17.4. The Bertz CT molecular complexity index is 658. The van der Waals surface area contributed by atoms with Gasteiger partial charge in [-0.1, -0.05) is 30.3 Å². The van der Waals surface area contributed by atoms with E-state index in [0.717, 1.165) is 19.3 Å². The van der Waals surface area contributed by atoms with Crippen LogP contribution < -0.4 is 16.0 Å². The van der Waals surface area contributed by atoms with Gasteiger partial charge in [0, 0.05) is 32.2 Å². The first kappa shape index (κ1) is 22.5. The lowest BCUT2D eigenvalue weighted by Gasteiger charge is -2.32. The highest BCUT2D eigenvalue weighted by atomic mass is 16.6. The molecule has 1 aliphatic rings. The summed E-state index contributed by atoms with van der Waals surface area (Å²) in [4.78, 5) is 30.0. The van der Waals surface area contributed by atoms with Gasteiger partial charge in [-0.05, 0) is 38.7 Å². The molecule has 0 saturated carbocycles. The first-order valence-electron chi connectivity index (χ1n) is 10.4. The highest BCUT2D eigenvalue weighted by molar-refractivity contribution is 5.85. The number of nitrogens with one attached hydrogen (secondary N) is 3. The lowest BCUT2D eigenvalue weighted by molar-refractivity contribution is -0.119. The molecule has 0 aliphatic carbocycles. The van der Waals surface area contributed by atoms with Crippen LogP contribution in [0, 0.1) is 0 Å². The van der Waals surface area contributed by atoms with Gasteiger partial charge in [-0.25, -0.2) is 9.79 Å². The number of aliphatic imine (C=N–C) groups is 1. The highest BCUT2D eigenvalue weighted by Crippen LogP contribution is 2.11. The summed E-state index contributed by atoms with van der Waals surface area (Å²) in [7, 11) is 0. The van der Waals surface area contributed by atoms with Crippen molar-refractivity contribution in [2.45, 2.75) is 39.2 Å². The molecule has 0 spiro atoms. The summed E-state index contributed by atoms with van der Waals surface area (Å²) in [6.45, 7) is 6.86. The van der Waals surface area contributed by atoms with E-state index in [1.54, 1.807) is 4.90 Å². The number of nitrogens with zero attached hydrogens (tertiary/aromatic N) is 2. The Morgan fingerprint density at radius 2 is 1.86 bits per heavy atom. The average molecular weight is 404 g/mol. The van der Waals surface area contributed by atoms with Crippen molar-refractivity contribution in [1.82, 2.24) is 20.9 Å². The minimum Gasteiger partial charge on any atom is -0.450 e. The van der Waals surface area contributed by atoms with Crippen LogP contribution in [0.3, 0.4) is 0 Å². The summed E-state index contributed by atoms with van der Waals surface area (Å²) in [6, 6.07) is 10.3. The molecule has 1 aromatic carbocycles. The molecular weight excluding hydrogens is 370 g/mol. The Balaban J connectivity index is 1.73. The average Bonchev–Trinajstić information content (AvgIpc) is 2.73. The van der Waals surface area contributed by atoms with Crippen molar-refractivity contribution in [3.8, 4) is 0 Å². The van der Waals surface area contributed by atoms with Gasteiger partial charge in [0.05, 0.1) is 6.61 Å². The predicted octanol–water partition coefficient (Wildman–Crippen LogP) is 1.52. The maximum Gasteiger partial charge on any atom is 0.409 e. The first-order valence-corrected chi connectivity index (χ1v) is 10.4. The van der Waals surface area contributed by atoms with Crippen LogP contribution in [0.2, 0.25) is 0 Å². The van der Waals surface area contributed by atoms with Crippen LogP contribution in [0.15, 0.2) is 35.3 Å². The van der Waals surface area contributed by atoms with Gasteiger partial charge >= 0.3 is 6.09 Å². The topological polar surface area (TPSA) is 95.1 Å². The number of rotatable bonds is 8. The van der Waals surface area contributed by atoms with Gasteiger partial charge in [0.25, 0.3) is 0 Å². The Kier molecular flexibility index (Phi) is 9.82. The predicted molar refractivity (Wildman–Crippen MR) is 114 cm³/mol. The van der Waals surface area contributed by atoms with Gasteiger partial charge < -0.3 is 25.6 Å². The van der Waals surface area contributed by atoms with Gasteiger partial charge in [0.2, 0.25) is 5.91 Å². The molecular formula is C21H33N5O3. The fraction of sp³-hybridized carbons (Fsp3) is 0.571. The number of piperidine rings is 1. The summed E-state index contributed by atoms with van der Waals surface area (Å²) in [6.07, 6.45) is 2.17. The quantitative estimate of drug-likeness (QED) is 0.452. The second-order valence-corrected chi connectivity index (χ2v) is 6.89. The molecule has 1 heterocycles. The molecule has 29 heavy (non-hydrogen) atoms. The van der Waals surface area contributed by atoms with E-state index < -0.39 is 0 Å². The summed E-state index contributed by atoms with van der Waals surface area (Å²) in [5.41, 5.74) is 1.19. The van der Waals surface area contributed by atoms with Crippen molar-refractivity contribution in [1.29, 1.82) is 0 Å². The monoisotopic (exact) mass is 403 g/mol. The molecule has 160 valence electrons. The Morgan fingerprint density at radius 1 is 1.14 bits per heavy atom. The van der Waals surface area contributed by atoms with E-state index in [2.05, 4.69) is 20.9 Å². The third-order valence-corrected chi connectivity index (χ3v) is 4.67. The fourth-order valence-corrected chi connectivity index (χ4v) is 3.13. The fourth-order valence-electron chi connectivity index (χ4n) is 3.13. The number of ether oxygens (including phenoxy) is 1. The van der Waals surface area contributed by atoms with E-state index >= 15 is 0 Å². The maximum absolute atomic E-state index is 12.1. The Morgan fingerprint density at radius 3 is 2.52 bits per heavy atom. The van der Waals surface area contributed by atoms with Crippen molar-refractivity contribution in [3.63, 3.8) is 0 Å². The second kappa shape index (κ2) is 12.6. The maximum atomic E-state index is 12.1. The summed E-state index contributed by atoms with van der Waals surface area (Å²) < 4.78 is 5.05. The van der Waals surface area contributed by atoms with Crippen molar-refractivity contribution in [2.75, 3.05) is 39.3 Å². The molecule has 0 unspecified atom stereocenters. The highest BCUT2D eigenvalue weighted by Gasteiger charge is 2.24. The summed E-state index contributed by atoms with van der Waals surface area (Å²) >= 11 is 0. The van der Waals surface area contributed by atoms with Crippen LogP contribution in [0.25, 0.3) is 0 Å². The van der Waals surface area contributed by atoms with Crippen LogP contribution in [-0.4, -0.2) is 68.2 Å². The molecule has 0 bridgehead atoms. The Labute approximate surface area is 173 Å². The molecule has 8 heteroatoms. The molecule has 1 saturated heterocycles. The SMILES string of the molecule is CCNC(=NCC(=O)NCCc1ccccc1)NC1CCN(C(=O)OCC)CC1. The van der Waals surface area contributed by atoms with Crippen molar-refractivity contribution in [2.24, 2.45) is 4.99 Å². The Hall–Kier alpha value is -2.77. The molecule has 0 atom stereocenters. The summed E-state index contributed by atoms with van der Waals surface area (Å²) in [5, 5.41) is 9.44. The molecule has 8 nitrogen and oxygen atoms in total. The molecule has 1 fully saturated rings.